The fourth-order valence-corrected chi connectivity index (χ4v) is 7.45. The van der Waals surface area contributed by atoms with E-state index in [2.05, 4.69) is 128 Å². The lowest BCUT2D eigenvalue weighted by Gasteiger charge is -2.26. The normalized spacial score (nSPS) is 22.0. The van der Waals surface area contributed by atoms with E-state index in [-0.39, 0.29) is 17.8 Å². The van der Waals surface area contributed by atoms with E-state index in [0.717, 1.165) is 25.7 Å². The van der Waals surface area contributed by atoms with Gasteiger partial charge < -0.3 is 4.74 Å². The molecule has 4 unspecified atom stereocenters. The number of hydrogen-bond acceptors (Lipinski definition) is 2. The second-order valence-corrected chi connectivity index (χ2v) is 11.7. The number of hydrogen-bond donors (Lipinski definition) is 0. The third-order valence-corrected chi connectivity index (χ3v) is 9.26. The molecule has 2 heteroatoms. The summed E-state index contributed by atoms with van der Waals surface area (Å²) in [7, 11) is 1.54. The zero-order chi connectivity index (χ0) is 28.2. The average molecular weight is 539 g/mol. The van der Waals surface area contributed by atoms with Crippen LogP contribution < -0.4 is 0 Å². The molecule has 0 bridgehead atoms. The summed E-state index contributed by atoms with van der Waals surface area (Å²) in [5, 5.41) is 0. The molecule has 41 heavy (non-hydrogen) atoms. The van der Waals surface area contributed by atoms with Crippen LogP contribution in [-0.4, -0.2) is 13.1 Å². The summed E-state index contributed by atoms with van der Waals surface area (Å²) in [5.74, 6) is 0.963. The molecule has 0 aliphatic heterocycles. The Morgan fingerprint density at radius 3 is 1.29 bits per heavy atom. The first kappa shape index (κ1) is 27.0. The largest absolute Gasteiger partial charge is 0.469 e. The molecule has 2 nitrogen and oxygen atoms in total. The lowest BCUT2D eigenvalue weighted by atomic mass is 9.78. The van der Waals surface area contributed by atoms with E-state index in [1.165, 1.54) is 44.5 Å². The second-order valence-electron chi connectivity index (χ2n) is 11.7. The summed E-state index contributed by atoms with van der Waals surface area (Å²) < 4.78 is 5.44. The standard InChI is InChI=1S/C39H38O2/c1-27-23-32(37(28-15-7-3-8-16-28)29-17-9-4-10-18-29)24-34(27)35-25-33(26-36(35)39(40)41-2)38(30-19-11-5-12-20-30)31-21-13-6-14-22-31/h3-22,27,34-36H,23-26H2,1-2H3. The third-order valence-electron chi connectivity index (χ3n) is 9.26. The van der Waals surface area contributed by atoms with E-state index in [1.807, 2.05) is 0 Å². The molecule has 0 aromatic heterocycles. The molecule has 0 amide bonds. The van der Waals surface area contributed by atoms with Crippen LogP contribution >= 0.6 is 0 Å². The molecule has 4 aromatic rings. The predicted molar refractivity (Wildman–Crippen MR) is 168 cm³/mol. The lowest BCUT2D eigenvalue weighted by Crippen LogP contribution is -2.27. The minimum atomic E-state index is -0.124. The van der Waals surface area contributed by atoms with Crippen LogP contribution in [-0.2, 0) is 9.53 Å². The highest BCUT2D eigenvalue weighted by atomic mass is 16.5. The van der Waals surface area contributed by atoms with Crippen molar-refractivity contribution in [3.63, 3.8) is 0 Å². The third kappa shape index (κ3) is 5.57. The van der Waals surface area contributed by atoms with Crippen LogP contribution in [0.15, 0.2) is 132 Å². The Bertz CT molecular complexity index is 1450. The van der Waals surface area contributed by atoms with Crippen molar-refractivity contribution in [3.05, 3.63) is 155 Å². The van der Waals surface area contributed by atoms with Crippen molar-refractivity contribution in [1.29, 1.82) is 0 Å². The maximum Gasteiger partial charge on any atom is 0.309 e. The number of ether oxygens (including phenoxy) is 1. The van der Waals surface area contributed by atoms with Gasteiger partial charge >= 0.3 is 5.97 Å². The first-order valence-corrected chi connectivity index (χ1v) is 14.9. The Morgan fingerprint density at radius 2 is 0.902 bits per heavy atom. The van der Waals surface area contributed by atoms with E-state index in [4.69, 9.17) is 4.74 Å². The van der Waals surface area contributed by atoms with Gasteiger partial charge in [-0.05, 0) is 76.8 Å². The van der Waals surface area contributed by atoms with Gasteiger partial charge in [0.05, 0.1) is 13.0 Å². The highest BCUT2D eigenvalue weighted by Crippen LogP contribution is 2.53. The monoisotopic (exact) mass is 538 g/mol. The number of rotatable bonds is 6. The SMILES string of the molecule is COC(=O)C1CC(=C(c2ccccc2)c2ccccc2)CC1C1CC(=C(c2ccccc2)c2ccccc2)CC1C. The Balaban J connectivity index is 1.42. The van der Waals surface area contributed by atoms with Crippen molar-refractivity contribution in [2.24, 2.45) is 23.7 Å². The van der Waals surface area contributed by atoms with Gasteiger partial charge in [-0.25, -0.2) is 0 Å². The summed E-state index contributed by atoms with van der Waals surface area (Å²) in [4.78, 5) is 13.3. The van der Waals surface area contributed by atoms with E-state index in [1.54, 1.807) is 7.11 Å². The molecule has 2 fully saturated rings. The number of carbonyl (C=O) groups excluding carboxylic acids is 1. The van der Waals surface area contributed by atoms with E-state index >= 15 is 0 Å². The number of carbonyl (C=O) groups is 1. The first-order chi connectivity index (χ1) is 20.1. The van der Waals surface area contributed by atoms with Crippen LogP contribution in [0.5, 0.6) is 0 Å². The van der Waals surface area contributed by atoms with Gasteiger partial charge in [0.25, 0.3) is 0 Å². The van der Waals surface area contributed by atoms with E-state index < -0.39 is 0 Å². The Labute approximate surface area is 244 Å². The van der Waals surface area contributed by atoms with Crippen molar-refractivity contribution in [1.82, 2.24) is 0 Å². The number of allylic oxidation sites excluding steroid dienone is 2. The second kappa shape index (κ2) is 12.1. The molecule has 4 aromatic carbocycles. The molecular formula is C39H38O2. The molecule has 6 rings (SSSR count). The van der Waals surface area contributed by atoms with Crippen LogP contribution in [0, 0.1) is 23.7 Å². The van der Waals surface area contributed by atoms with Crippen molar-refractivity contribution >= 4 is 17.1 Å². The van der Waals surface area contributed by atoms with Crippen LogP contribution in [0.1, 0.15) is 54.9 Å². The van der Waals surface area contributed by atoms with Crippen molar-refractivity contribution in [2.75, 3.05) is 7.11 Å². The lowest BCUT2D eigenvalue weighted by molar-refractivity contribution is -0.147. The van der Waals surface area contributed by atoms with Crippen molar-refractivity contribution in [2.45, 2.75) is 32.6 Å². The quantitative estimate of drug-likeness (QED) is 0.229. The molecule has 0 spiro atoms. The number of benzene rings is 4. The zero-order valence-corrected chi connectivity index (χ0v) is 24.0. The van der Waals surface area contributed by atoms with Gasteiger partial charge in [0.2, 0.25) is 0 Å². The maximum atomic E-state index is 13.3. The van der Waals surface area contributed by atoms with E-state index in [0.29, 0.717) is 11.8 Å². The van der Waals surface area contributed by atoms with Crippen molar-refractivity contribution < 1.29 is 9.53 Å². The zero-order valence-electron chi connectivity index (χ0n) is 24.0. The summed E-state index contributed by atoms with van der Waals surface area (Å²) in [5.41, 5.74) is 10.5. The van der Waals surface area contributed by atoms with Gasteiger partial charge in [-0.3, -0.25) is 4.79 Å². The van der Waals surface area contributed by atoms with Gasteiger partial charge in [0, 0.05) is 0 Å². The molecule has 2 aliphatic rings. The van der Waals surface area contributed by atoms with Gasteiger partial charge in [0.1, 0.15) is 0 Å². The molecule has 2 saturated carbocycles. The van der Waals surface area contributed by atoms with Crippen LogP contribution in [0.2, 0.25) is 0 Å². The molecule has 0 saturated heterocycles. The fourth-order valence-electron chi connectivity index (χ4n) is 7.45. The molecule has 4 atom stereocenters. The maximum absolute atomic E-state index is 13.3. The molecule has 0 heterocycles. The van der Waals surface area contributed by atoms with Crippen LogP contribution in [0.3, 0.4) is 0 Å². The van der Waals surface area contributed by atoms with Gasteiger partial charge in [0.15, 0.2) is 0 Å². The average Bonchev–Trinajstić information content (AvgIpc) is 3.63. The molecule has 206 valence electrons. The molecular weight excluding hydrogens is 500 g/mol. The summed E-state index contributed by atoms with van der Waals surface area (Å²) in [6.07, 6.45) is 3.74. The van der Waals surface area contributed by atoms with Crippen molar-refractivity contribution in [3.8, 4) is 0 Å². The summed E-state index contributed by atoms with van der Waals surface area (Å²) >= 11 is 0. The Morgan fingerprint density at radius 1 is 0.537 bits per heavy atom. The van der Waals surface area contributed by atoms with Gasteiger partial charge in [-0.2, -0.15) is 0 Å². The van der Waals surface area contributed by atoms with Crippen LogP contribution in [0.25, 0.3) is 11.1 Å². The van der Waals surface area contributed by atoms with Crippen LogP contribution in [0.4, 0.5) is 0 Å². The minimum absolute atomic E-state index is 0.0681. The summed E-state index contributed by atoms with van der Waals surface area (Å²) in [6, 6.07) is 42.9. The number of esters is 1. The summed E-state index contributed by atoms with van der Waals surface area (Å²) in [6.45, 7) is 2.39. The fraction of sp³-hybridized carbons (Fsp3) is 0.256. The van der Waals surface area contributed by atoms with E-state index in [9.17, 15) is 4.79 Å². The minimum Gasteiger partial charge on any atom is -0.469 e. The topological polar surface area (TPSA) is 26.3 Å². The first-order valence-electron chi connectivity index (χ1n) is 14.9. The van der Waals surface area contributed by atoms with Gasteiger partial charge in [-0.15, -0.1) is 0 Å². The molecule has 2 aliphatic carbocycles. The number of methoxy groups -OCH3 is 1. The smallest absolute Gasteiger partial charge is 0.309 e. The highest BCUT2D eigenvalue weighted by Gasteiger charge is 2.46. The van der Waals surface area contributed by atoms with Gasteiger partial charge in [-0.1, -0.05) is 139 Å². The predicted octanol–water partition coefficient (Wildman–Crippen LogP) is 9.24. The Kier molecular flexibility index (Phi) is 8.00. The Hall–Kier alpha value is -4.17. The highest BCUT2D eigenvalue weighted by molar-refractivity contribution is 5.85. The molecule has 0 N–H and O–H groups in total. The molecule has 0 radical (unpaired) electrons.